The van der Waals surface area contributed by atoms with E-state index in [1.165, 1.54) is 7.11 Å². The molecule has 0 spiro atoms. The molecule has 0 bridgehead atoms. The summed E-state index contributed by atoms with van der Waals surface area (Å²) < 4.78 is 10.0. The molecule has 0 aliphatic heterocycles. The van der Waals surface area contributed by atoms with Crippen LogP contribution >= 0.6 is 0 Å². The molecular formula is C13H20N2O4. The van der Waals surface area contributed by atoms with Crippen molar-refractivity contribution in [3.8, 4) is 0 Å². The van der Waals surface area contributed by atoms with Crippen molar-refractivity contribution in [3.05, 3.63) is 23.2 Å². The van der Waals surface area contributed by atoms with E-state index in [1.807, 2.05) is 6.92 Å². The lowest BCUT2D eigenvalue weighted by Crippen LogP contribution is -2.33. The molecule has 0 atom stereocenters. The van der Waals surface area contributed by atoms with Crippen molar-refractivity contribution in [2.45, 2.75) is 26.8 Å². The average molecular weight is 268 g/mol. The summed E-state index contributed by atoms with van der Waals surface area (Å²) in [6.45, 7) is 4.97. The molecule has 0 saturated carbocycles. The molecule has 0 aromatic carbocycles. The lowest BCUT2D eigenvalue weighted by Gasteiger charge is -2.03. The van der Waals surface area contributed by atoms with Gasteiger partial charge in [-0.25, -0.2) is 4.79 Å². The van der Waals surface area contributed by atoms with E-state index in [0.717, 1.165) is 6.42 Å². The van der Waals surface area contributed by atoms with Crippen LogP contribution in [-0.4, -0.2) is 32.1 Å². The third kappa shape index (κ3) is 4.75. The molecule has 1 amide bonds. The van der Waals surface area contributed by atoms with Gasteiger partial charge in [-0.15, -0.1) is 0 Å². The van der Waals surface area contributed by atoms with E-state index < -0.39 is 5.97 Å². The molecule has 1 aromatic heterocycles. The minimum absolute atomic E-state index is 0.0571. The molecule has 1 aromatic rings. The topological polar surface area (TPSA) is 80.6 Å². The van der Waals surface area contributed by atoms with Gasteiger partial charge in [-0.1, -0.05) is 6.92 Å². The molecule has 1 heterocycles. The SMILES string of the molecule is CCCNC(=O)CNCc1cc(C(=O)OC)c(C)o1. The van der Waals surface area contributed by atoms with E-state index in [1.54, 1.807) is 13.0 Å². The van der Waals surface area contributed by atoms with Crippen LogP contribution in [-0.2, 0) is 16.1 Å². The molecule has 106 valence electrons. The molecule has 0 unspecified atom stereocenters. The van der Waals surface area contributed by atoms with E-state index in [0.29, 0.717) is 30.2 Å². The molecule has 0 radical (unpaired) electrons. The fourth-order valence-corrected chi connectivity index (χ4v) is 1.57. The van der Waals surface area contributed by atoms with Crippen molar-refractivity contribution in [2.75, 3.05) is 20.2 Å². The average Bonchev–Trinajstić information content (AvgIpc) is 2.76. The predicted molar refractivity (Wildman–Crippen MR) is 69.8 cm³/mol. The van der Waals surface area contributed by atoms with Crippen LogP contribution in [0.15, 0.2) is 10.5 Å². The molecule has 2 N–H and O–H groups in total. The lowest BCUT2D eigenvalue weighted by atomic mass is 10.2. The van der Waals surface area contributed by atoms with Gasteiger partial charge in [-0.2, -0.15) is 0 Å². The van der Waals surface area contributed by atoms with E-state index in [9.17, 15) is 9.59 Å². The number of rotatable bonds is 7. The normalized spacial score (nSPS) is 10.3. The molecular weight excluding hydrogens is 248 g/mol. The molecule has 0 aliphatic carbocycles. The smallest absolute Gasteiger partial charge is 0.341 e. The number of hydrogen-bond donors (Lipinski definition) is 2. The van der Waals surface area contributed by atoms with E-state index in [4.69, 9.17) is 4.42 Å². The van der Waals surface area contributed by atoms with Crippen LogP contribution < -0.4 is 10.6 Å². The maximum absolute atomic E-state index is 11.4. The van der Waals surface area contributed by atoms with Crippen molar-refractivity contribution >= 4 is 11.9 Å². The number of ether oxygens (including phenoxy) is 1. The van der Waals surface area contributed by atoms with Crippen molar-refractivity contribution < 1.29 is 18.7 Å². The van der Waals surface area contributed by atoms with Gasteiger partial charge in [0.1, 0.15) is 17.1 Å². The number of aryl methyl sites for hydroxylation is 1. The molecule has 19 heavy (non-hydrogen) atoms. The van der Waals surface area contributed by atoms with Crippen molar-refractivity contribution in [1.29, 1.82) is 0 Å². The molecule has 0 fully saturated rings. The molecule has 6 heteroatoms. The zero-order chi connectivity index (χ0) is 14.3. The summed E-state index contributed by atoms with van der Waals surface area (Å²) >= 11 is 0. The minimum Gasteiger partial charge on any atom is -0.465 e. The van der Waals surface area contributed by atoms with Gasteiger partial charge in [0.25, 0.3) is 0 Å². The Kier molecular flexibility index (Phi) is 6.08. The second-order valence-corrected chi connectivity index (χ2v) is 4.13. The first kappa shape index (κ1) is 15.2. The van der Waals surface area contributed by atoms with Crippen molar-refractivity contribution in [1.82, 2.24) is 10.6 Å². The second kappa shape index (κ2) is 7.58. The van der Waals surface area contributed by atoms with Crippen LogP contribution in [0, 0.1) is 6.92 Å². The van der Waals surface area contributed by atoms with Gasteiger partial charge in [0.15, 0.2) is 0 Å². The van der Waals surface area contributed by atoms with Crippen LogP contribution in [0.3, 0.4) is 0 Å². The Morgan fingerprint density at radius 2 is 2.16 bits per heavy atom. The van der Waals surface area contributed by atoms with Gasteiger partial charge in [0, 0.05) is 6.54 Å². The molecule has 6 nitrogen and oxygen atoms in total. The van der Waals surface area contributed by atoms with Gasteiger partial charge < -0.3 is 19.8 Å². The maximum Gasteiger partial charge on any atom is 0.341 e. The van der Waals surface area contributed by atoms with Gasteiger partial charge >= 0.3 is 5.97 Å². The summed E-state index contributed by atoms with van der Waals surface area (Å²) in [6, 6.07) is 1.62. The van der Waals surface area contributed by atoms with Crippen molar-refractivity contribution in [2.24, 2.45) is 0 Å². The van der Waals surface area contributed by atoms with Gasteiger partial charge in [-0.3, -0.25) is 4.79 Å². The standard InChI is InChI=1S/C13H20N2O4/c1-4-5-15-12(16)8-14-7-10-6-11(9(2)19-10)13(17)18-3/h6,14H,4-5,7-8H2,1-3H3,(H,15,16). The summed E-state index contributed by atoms with van der Waals surface area (Å²) in [5.41, 5.74) is 0.412. The Morgan fingerprint density at radius 1 is 1.42 bits per heavy atom. The first-order valence-electron chi connectivity index (χ1n) is 6.23. The number of carbonyl (C=O) groups is 2. The van der Waals surface area contributed by atoms with Gasteiger partial charge in [0.05, 0.1) is 20.2 Å². The van der Waals surface area contributed by atoms with E-state index in [2.05, 4.69) is 15.4 Å². The Labute approximate surface area is 112 Å². The minimum atomic E-state index is -0.423. The maximum atomic E-state index is 11.4. The monoisotopic (exact) mass is 268 g/mol. The zero-order valence-electron chi connectivity index (χ0n) is 11.5. The van der Waals surface area contributed by atoms with Crippen LogP contribution in [0.1, 0.15) is 35.2 Å². The Balaban J connectivity index is 2.42. The molecule has 1 rings (SSSR count). The van der Waals surface area contributed by atoms with Crippen LogP contribution in [0.25, 0.3) is 0 Å². The highest BCUT2D eigenvalue weighted by Gasteiger charge is 2.15. The molecule has 0 aliphatic rings. The fourth-order valence-electron chi connectivity index (χ4n) is 1.57. The number of methoxy groups -OCH3 is 1. The van der Waals surface area contributed by atoms with Crippen LogP contribution in [0.2, 0.25) is 0 Å². The number of furan rings is 1. The summed E-state index contributed by atoms with van der Waals surface area (Å²) in [5, 5.41) is 5.71. The number of nitrogens with one attached hydrogen (secondary N) is 2. The largest absolute Gasteiger partial charge is 0.465 e. The zero-order valence-corrected chi connectivity index (χ0v) is 11.5. The summed E-state index contributed by atoms with van der Waals surface area (Å²) in [5.74, 6) is 0.631. The summed E-state index contributed by atoms with van der Waals surface area (Å²) in [4.78, 5) is 22.7. The van der Waals surface area contributed by atoms with E-state index in [-0.39, 0.29) is 12.5 Å². The predicted octanol–water partition coefficient (Wildman–Crippen LogP) is 0.990. The van der Waals surface area contributed by atoms with E-state index >= 15 is 0 Å². The Morgan fingerprint density at radius 3 is 2.79 bits per heavy atom. The summed E-state index contributed by atoms with van der Waals surface area (Å²) in [7, 11) is 1.32. The van der Waals surface area contributed by atoms with Gasteiger partial charge in [0.2, 0.25) is 5.91 Å². The highest BCUT2D eigenvalue weighted by atomic mass is 16.5. The fraction of sp³-hybridized carbons (Fsp3) is 0.538. The second-order valence-electron chi connectivity index (χ2n) is 4.13. The quantitative estimate of drug-likeness (QED) is 0.721. The Bertz CT molecular complexity index is 440. The first-order valence-corrected chi connectivity index (χ1v) is 6.23. The number of amides is 1. The lowest BCUT2D eigenvalue weighted by molar-refractivity contribution is -0.120. The van der Waals surface area contributed by atoms with Crippen LogP contribution in [0.4, 0.5) is 0 Å². The third-order valence-electron chi connectivity index (χ3n) is 2.53. The van der Waals surface area contributed by atoms with Crippen molar-refractivity contribution in [3.63, 3.8) is 0 Å². The molecule has 0 saturated heterocycles. The number of carbonyl (C=O) groups excluding carboxylic acids is 2. The highest BCUT2D eigenvalue weighted by Crippen LogP contribution is 2.15. The van der Waals surface area contributed by atoms with Crippen LogP contribution in [0.5, 0.6) is 0 Å². The number of esters is 1. The van der Waals surface area contributed by atoms with Gasteiger partial charge in [-0.05, 0) is 19.4 Å². The number of hydrogen-bond acceptors (Lipinski definition) is 5. The summed E-state index contributed by atoms with van der Waals surface area (Å²) in [6.07, 6.45) is 0.908. The first-order chi connectivity index (χ1) is 9.08. The Hall–Kier alpha value is -1.82. The third-order valence-corrected chi connectivity index (χ3v) is 2.53. The highest BCUT2D eigenvalue weighted by molar-refractivity contribution is 5.90.